The van der Waals surface area contributed by atoms with Gasteiger partial charge in [-0.2, -0.15) is 0 Å². The summed E-state index contributed by atoms with van der Waals surface area (Å²) < 4.78 is 0. The molecule has 0 rings (SSSR count). The summed E-state index contributed by atoms with van der Waals surface area (Å²) in [5.74, 6) is 0. The van der Waals surface area contributed by atoms with Crippen molar-refractivity contribution in [1.29, 1.82) is 0 Å². The zero-order valence-corrected chi connectivity index (χ0v) is 11.4. The maximum atomic E-state index is 2.26. The van der Waals surface area contributed by atoms with Crippen LogP contribution in [0.3, 0.4) is 0 Å². The highest BCUT2D eigenvalue weighted by Gasteiger charge is 2.02. The minimum absolute atomic E-state index is 0.986. The molecule has 0 bridgehead atoms. The summed E-state index contributed by atoms with van der Waals surface area (Å²) in [6.45, 7) is 15.5. The summed E-state index contributed by atoms with van der Waals surface area (Å²) >= 11 is 0. The molecule has 0 nitrogen and oxygen atoms in total. The van der Waals surface area contributed by atoms with Crippen molar-refractivity contribution in [3.63, 3.8) is 0 Å². The van der Waals surface area contributed by atoms with E-state index >= 15 is 0 Å². The molecule has 0 saturated carbocycles. The summed E-state index contributed by atoms with van der Waals surface area (Å²) in [6, 6.07) is 0. The Morgan fingerprint density at radius 1 is 0.429 bits per heavy atom. The van der Waals surface area contributed by atoms with E-state index in [1.165, 1.54) is 37.9 Å². The van der Waals surface area contributed by atoms with Gasteiger partial charge in [-0.1, -0.05) is 79.5 Å². The molecule has 0 fully saturated rings. The van der Waals surface area contributed by atoms with E-state index in [2.05, 4.69) is 41.5 Å². The highest BCUT2D eigenvalue weighted by Crippen LogP contribution is 2.02. The van der Waals surface area contributed by atoms with Crippen molar-refractivity contribution in [2.24, 2.45) is 0 Å². The SMILES string of the molecule is CCB(CC)CC.CCB(CC)CC. The van der Waals surface area contributed by atoms with E-state index in [-0.39, 0.29) is 0 Å². The van der Waals surface area contributed by atoms with E-state index in [4.69, 9.17) is 0 Å². The van der Waals surface area contributed by atoms with Gasteiger partial charge in [0.15, 0.2) is 0 Å². The van der Waals surface area contributed by atoms with Crippen molar-refractivity contribution in [3.8, 4) is 0 Å². The molecule has 0 aromatic heterocycles. The van der Waals surface area contributed by atoms with Gasteiger partial charge in [0.2, 0.25) is 0 Å². The third-order valence-electron chi connectivity index (χ3n) is 3.46. The molecule has 14 heavy (non-hydrogen) atoms. The number of hydrogen-bond donors (Lipinski definition) is 0. The molecule has 0 radical (unpaired) electrons. The van der Waals surface area contributed by atoms with Crippen molar-refractivity contribution in [2.75, 3.05) is 0 Å². The quantitative estimate of drug-likeness (QED) is 0.519. The van der Waals surface area contributed by atoms with E-state index < -0.39 is 0 Å². The zero-order chi connectivity index (χ0) is 11.4. The van der Waals surface area contributed by atoms with Crippen molar-refractivity contribution in [2.45, 2.75) is 79.5 Å². The average Bonchev–Trinajstić information content (AvgIpc) is 2.24. The molecule has 0 aromatic carbocycles. The van der Waals surface area contributed by atoms with Crippen molar-refractivity contribution in [1.82, 2.24) is 0 Å². The monoisotopic (exact) mass is 196 g/mol. The molecule has 0 unspecified atom stereocenters. The van der Waals surface area contributed by atoms with Crippen LogP contribution in [0.15, 0.2) is 0 Å². The van der Waals surface area contributed by atoms with Gasteiger partial charge in [-0.05, 0) is 0 Å². The topological polar surface area (TPSA) is 0 Å². The molecule has 0 atom stereocenters. The van der Waals surface area contributed by atoms with Crippen molar-refractivity contribution >= 4 is 13.4 Å². The van der Waals surface area contributed by atoms with Gasteiger partial charge in [-0.25, -0.2) is 0 Å². The molecule has 84 valence electrons. The maximum Gasteiger partial charge on any atom is 0.139 e. The standard InChI is InChI=1S/2C6H15B/c2*1-4-7(5-2)6-3/h2*4-6H2,1-3H3. The lowest BCUT2D eigenvalue weighted by Gasteiger charge is -2.00. The van der Waals surface area contributed by atoms with Gasteiger partial charge in [-0.3, -0.25) is 0 Å². The third-order valence-corrected chi connectivity index (χ3v) is 3.46. The van der Waals surface area contributed by atoms with Crippen LogP contribution in [0.2, 0.25) is 37.9 Å². The normalized spacial score (nSPS) is 9.00. The molecule has 0 aliphatic carbocycles. The molecule has 0 spiro atoms. The van der Waals surface area contributed by atoms with E-state index in [0.29, 0.717) is 0 Å². The van der Waals surface area contributed by atoms with Gasteiger partial charge in [0.1, 0.15) is 13.4 Å². The smallest absolute Gasteiger partial charge is 0.0770 e. The Morgan fingerprint density at radius 3 is 0.571 bits per heavy atom. The summed E-state index contributed by atoms with van der Waals surface area (Å²) in [5.41, 5.74) is 0. The first-order valence-electron chi connectivity index (χ1n) is 6.69. The fraction of sp³-hybridized carbons (Fsp3) is 1.00. The van der Waals surface area contributed by atoms with Crippen LogP contribution in [0.1, 0.15) is 41.5 Å². The molecule has 0 amide bonds. The van der Waals surface area contributed by atoms with Crippen LogP contribution in [0.25, 0.3) is 0 Å². The molecule has 0 aliphatic heterocycles. The lowest BCUT2D eigenvalue weighted by atomic mass is 9.44. The number of rotatable bonds is 6. The van der Waals surface area contributed by atoms with Crippen molar-refractivity contribution < 1.29 is 0 Å². The van der Waals surface area contributed by atoms with Crippen LogP contribution in [0, 0.1) is 0 Å². The molecular formula is C12H30B2. The first kappa shape index (κ1) is 16.6. The van der Waals surface area contributed by atoms with Gasteiger partial charge in [0.25, 0.3) is 0 Å². The van der Waals surface area contributed by atoms with Crippen molar-refractivity contribution in [3.05, 3.63) is 0 Å². The van der Waals surface area contributed by atoms with Crippen LogP contribution < -0.4 is 0 Å². The van der Waals surface area contributed by atoms with Gasteiger partial charge >= 0.3 is 0 Å². The number of hydrogen-bond acceptors (Lipinski definition) is 0. The Hall–Kier alpha value is 0.130. The molecule has 0 heterocycles. The summed E-state index contributed by atoms with van der Waals surface area (Å²) in [5, 5.41) is 0. The van der Waals surface area contributed by atoms with Crippen LogP contribution in [0.4, 0.5) is 0 Å². The Balaban J connectivity index is 0. The molecular weight excluding hydrogens is 166 g/mol. The first-order valence-corrected chi connectivity index (χ1v) is 6.69. The Labute approximate surface area is 93.4 Å². The maximum absolute atomic E-state index is 2.26. The third kappa shape index (κ3) is 10.2. The summed E-state index contributed by atoms with van der Waals surface area (Å²) in [7, 11) is 0. The lowest BCUT2D eigenvalue weighted by molar-refractivity contribution is 1.24. The van der Waals surface area contributed by atoms with Crippen LogP contribution in [0.5, 0.6) is 0 Å². The molecule has 0 saturated heterocycles. The van der Waals surface area contributed by atoms with Gasteiger partial charge < -0.3 is 0 Å². The molecule has 0 aliphatic rings. The van der Waals surface area contributed by atoms with E-state index in [0.717, 1.165) is 13.4 Å². The van der Waals surface area contributed by atoms with Gasteiger partial charge in [0.05, 0.1) is 0 Å². The second-order valence-electron chi connectivity index (χ2n) is 4.18. The van der Waals surface area contributed by atoms with Crippen LogP contribution >= 0.6 is 0 Å². The van der Waals surface area contributed by atoms with Crippen LogP contribution in [-0.2, 0) is 0 Å². The lowest BCUT2D eigenvalue weighted by Crippen LogP contribution is -2.04. The summed E-state index contributed by atoms with van der Waals surface area (Å²) in [6.07, 6.45) is 8.12. The van der Waals surface area contributed by atoms with Crippen LogP contribution in [-0.4, -0.2) is 13.4 Å². The van der Waals surface area contributed by atoms with Gasteiger partial charge in [-0.15, -0.1) is 0 Å². The molecule has 0 aromatic rings. The Bertz CT molecular complexity index is 63.3. The predicted octanol–water partition coefficient (Wildman–Crippen LogP) is 5.08. The zero-order valence-electron chi connectivity index (χ0n) is 11.4. The van der Waals surface area contributed by atoms with E-state index in [1.54, 1.807) is 0 Å². The fourth-order valence-electron chi connectivity index (χ4n) is 1.73. The average molecular weight is 196 g/mol. The largest absolute Gasteiger partial charge is 0.139 e. The molecule has 0 N–H and O–H groups in total. The highest BCUT2D eigenvalue weighted by molar-refractivity contribution is 6.58. The van der Waals surface area contributed by atoms with E-state index in [9.17, 15) is 0 Å². The Morgan fingerprint density at radius 2 is 0.571 bits per heavy atom. The Kier molecular flexibility index (Phi) is 15.5. The predicted molar refractivity (Wildman–Crippen MR) is 74.4 cm³/mol. The van der Waals surface area contributed by atoms with E-state index in [1.807, 2.05) is 0 Å². The second kappa shape index (κ2) is 13.1. The second-order valence-corrected chi connectivity index (χ2v) is 4.18. The fourth-order valence-corrected chi connectivity index (χ4v) is 1.73. The molecule has 2 heteroatoms. The summed E-state index contributed by atoms with van der Waals surface area (Å²) in [4.78, 5) is 0. The minimum Gasteiger partial charge on any atom is -0.0770 e. The minimum atomic E-state index is 0.986. The highest BCUT2D eigenvalue weighted by atomic mass is 13.7. The first-order chi connectivity index (χ1) is 6.69. The van der Waals surface area contributed by atoms with Gasteiger partial charge in [0, 0.05) is 0 Å².